The van der Waals surface area contributed by atoms with Gasteiger partial charge >= 0.3 is 12.1 Å². The van der Waals surface area contributed by atoms with Gasteiger partial charge in [0.25, 0.3) is 0 Å². The number of anilines is 1. The molecule has 19 heavy (non-hydrogen) atoms. The molecule has 10 heteroatoms. The molecule has 0 aromatic carbocycles. The Morgan fingerprint density at radius 1 is 1.53 bits per heavy atom. The predicted molar refractivity (Wildman–Crippen MR) is 59.1 cm³/mol. The number of thiazole rings is 1. The van der Waals surface area contributed by atoms with Crippen LogP contribution in [0.4, 0.5) is 18.2 Å². The van der Waals surface area contributed by atoms with Crippen LogP contribution in [-0.2, 0) is 11.0 Å². The zero-order chi connectivity index (χ0) is 14.2. The normalized spacial score (nSPS) is 19.3. The van der Waals surface area contributed by atoms with Gasteiger partial charge in [-0.3, -0.25) is 4.79 Å². The van der Waals surface area contributed by atoms with Crippen LogP contribution in [0, 0.1) is 0 Å². The van der Waals surface area contributed by atoms with E-state index < -0.39 is 28.9 Å². The molecule has 2 heterocycles. The number of rotatable bonds is 3. The van der Waals surface area contributed by atoms with Gasteiger partial charge in [0.15, 0.2) is 5.69 Å². The van der Waals surface area contributed by atoms with Crippen molar-refractivity contribution in [2.45, 2.75) is 18.6 Å². The smallest absolute Gasteiger partial charge is 0.443 e. The molecule has 0 saturated carbocycles. The quantitative estimate of drug-likeness (QED) is 0.778. The first kappa shape index (κ1) is 13.6. The zero-order valence-electron chi connectivity index (χ0n) is 9.24. The number of carbonyl (C=O) groups excluding carboxylic acids is 1. The molecule has 1 aliphatic rings. The topological polar surface area (TPSA) is 91.3 Å². The lowest BCUT2D eigenvalue weighted by Crippen LogP contribution is -2.22. The van der Waals surface area contributed by atoms with Crippen molar-refractivity contribution in [3.05, 3.63) is 10.7 Å². The van der Waals surface area contributed by atoms with Gasteiger partial charge in [0.05, 0.1) is 6.04 Å². The molecular formula is C9H8F3N3O3S. The summed E-state index contributed by atoms with van der Waals surface area (Å²) in [6, 6.07) is -0.438. The summed E-state index contributed by atoms with van der Waals surface area (Å²) in [6.45, 7) is 0.233. The number of aromatic carboxylic acids is 1. The minimum Gasteiger partial charge on any atom is -0.476 e. The van der Waals surface area contributed by atoms with Crippen molar-refractivity contribution >= 4 is 28.2 Å². The van der Waals surface area contributed by atoms with Gasteiger partial charge in [-0.25, -0.2) is 9.78 Å². The van der Waals surface area contributed by atoms with Gasteiger partial charge in [-0.1, -0.05) is 11.3 Å². The number of nitrogens with zero attached hydrogens (tertiary/aromatic N) is 1. The number of hydrogen-bond acceptors (Lipinski definition) is 5. The molecule has 3 N–H and O–H groups in total. The summed E-state index contributed by atoms with van der Waals surface area (Å²) in [4.78, 5) is 24.9. The molecule has 1 aliphatic heterocycles. The molecular weight excluding hydrogens is 287 g/mol. The van der Waals surface area contributed by atoms with E-state index in [1.54, 1.807) is 0 Å². The van der Waals surface area contributed by atoms with Crippen LogP contribution in [-0.4, -0.2) is 34.6 Å². The van der Waals surface area contributed by atoms with Gasteiger partial charge in [-0.05, 0) is 0 Å². The standard InChI is InChI=1S/C9H8F3N3O3S/c10-9(11,12)8-15-5(7(17)18)6(19-8)14-3-1-4(16)13-2-3/h3,14H,1-2H2,(H,13,16)(H,17,18)/t3-/m1/s1. The molecule has 1 amide bonds. The maximum atomic E-state index is 12.5. The van der Waals surface area contributed by atoms with E-state index in [1.165, 1.54) is 0 Å². The Hall–Kier alpha value is -1.84. The van der Waals surface area contributed by atoms with E-state index in [-0.39, 0.29) is 35.2 Å². The molecule has 0 unspecified atom stereocenters. The molecule has 0 radical (unpaired) electrons. The van der Waals surface area contributed by atoms with Crippen molar-refractivity contribution < 1.29 is 27.9 Å². The lowest BCUT2D eigenvalue weighted by Gasteiger charge is -2.09. The number of carbonyl (C=O) groups is 2. The minimum atomic E-state index is -4.70. The van der Waals surface area contributed by atoms with E-state index in [4.69, 9.17) is 5.11 Å². The van der Waals surface area contributed by atoms with Gasteiger partial charge in [-0.2, -0.15) is 13.2 Å². The SMILES string of the molecule is O=C1C[C@@H](Nc2sc(C(F)(F)F)nc2C(=O)O)CN1. The third-order valence-electron chi connectivity index (χ3n) is 2.38. The second-order valence-corrected chi connectivity index (χ2v) is 4.85. The lowest BCUT2D eigenvalue weighted by atomic mass is 10.2. The van der Waals surface area contributed by atoms with Crippen LogP contribution in [0.15, 0.2) is 0 Å². The monoisotopic (exact) mass is 295 g/mol. The zero-order valence-corrected chi connectivity index (χ0v) is 10.1. The Morgan fingerprint density at radius 3 is 2.68 bits per heavy atom. The van der Waals surface area contributed by atoms with E-state index in [1.807, 2.05) is 0 Å². The van der Waals surface area contributed by atoms with E-state index >= 15 is 0 Å². The second kappa shape index (κ2) is 4.68. The van der Waals surface area contributed by atoms with Crippen molar-refractivity contribution in [2.75, 3.05) is 11.9 Å². The Balaban J connectivity index is 2.25. The van der Waals surface area contributed by atoms with E-state index in [2.05, 4.69) is 15.6 Å². The summed E-state index contributed by atoms with van der Waals surface area (Å²) < 4.78 is 37.4. The number of carboxylic acids is 1. The highest BCUT2D eigenvalue weighted by molar-refractivity contribution is 7.16. The number of carboxylic acid groups (broad SMARTS) is 1. The maximum absolute atomic E-state index is 12.5. The van der Waals surface area contributed by atoms with Crippen molar-refractivity contribution in [3.63, 3.8) is 0 Å². The number of nitrogens with one attached hydrogen (secondary N) is 2. The maximum Gasteiger partial charge on any atom is 0.443 e. The largest absolute Gasteiger partial charge is 0.476 e. The third-order valence-corrected chi connectivity index (χ3v) is 3.42. The number of alkyl halides is 3. The van der Waals surface area contributed by atoms with Crippen LogP contribution >= 0.6 is 11.3 Å². The highest BCUT2D eigenvalue weighted by Gasteiger charge is 2.37. The summed E-state index contributed by atoms with van der Waals surface area (Å²) in [6.07, 6.45) is -4.61. The van der Waals surface area contributed by atoms with Crippen molar-refractivity contribution in [1.82, 2.24) is 10.3 Å². The molecule has 1 aromatic heterocycles. The fraction of sp³-hybridized carbons (Fsp3) is 0.444. The molecule has 6 nitrogen and oxygen atoms in total. The van der Waals surface area contributed by atoms with E-state index in [0.717, 1.165) is 0 Å². The van der Waals surface area contributed by atoms with E-state index in [0.29, 0.717) is 0 Å². The summed E-state index contributed by atoms with van der Waals surface area (Å²) >= 11 is 0.216. The number of hydrogen-bond donors (Lipinski definition) is 3. The van der Waals surface area contributed by atoms with Crippen LogP contribution in [0.1, 0.15) is 21.9 Å². The molecule has 1 aromatic rings. The molecule has 0 bridgehead atoms. The fourth-order valence-corrected chi connectivity index (χ4v) is 2.48. The molecule has 0 spiro atoms. The van der Waals surface area contributed by atoms with Gasteiger partial charge in [0.1, 0.15) is 5.00 Å². The first-order chi connectivity index (χ1) is 8.77. The van der Waals surface area contributed by atoms with Crippen molar-refractivity contribution in [1.29, 1.82) is 0 Å². The van der Waals surface area contributed by atoms with E-state index in [9.17, 15) is 22.8 Å². The summed E-state index contributed by atoms with van der Waals surface area (Å²) in [7, 11) is 0. The second-order valence-electron chi connectivity index (χ2n) is 3.85. The predicted octanol–water partition coefficient (Wildman–Crippen LogP) is 1.16. The summed E-state index contributed by atoms with van der Waals surface area (Å²) in [5.74, 6) is -1.79. The van der Waals surface area contributed by atoms with Crippen molar-refractivity contribution in [3.8, 4) is 0 Å². The van der Waals surface area contributed by atoms with Crippen LogP contribution in [0.3, 0.4) is 0 Å². The highest BCUT2D eigenvalue weighted by Crippen LogP contribution is 2.37. The average Bonchev–Trinajstić information content (AvgIpc) is 2.85. The number of amides is 1. The van der Waals surface area contributed by atoms with Crippen LogP contribution in [0.25, 0.3) is 0 Å². The van der Waals surface area contributed by atoms with Gasteiger partial charge in [0.2, 0.25) is 10.9 Å². The molecule has 104 valence electrons. The molecule has 2 rings (SSSR count). The van der Waals surface area contributed by atoms with Gasteiger partial charge < -0.3 is 15.7 Å². The first-order valence-corrected chi connectivity index (χ1v) is 5.93. The molecule has 1 fully saturated rings. The van der Waals surface area contributed by atoms with Crippen LogP contribution in [0.2, 0.25) is 0 Å². The molecule has 1 saturated heterocycles. The Morgan fingerprint density at radius 2 is 2.21 bits per heavy atom. The summed E-state index contributed by atoms with van der Waals surface area (Å²) in [5, 5.41) is 12.5. The van der Waals surface area contributed by atoms with Crippen LogP contribution < -0.4 is 10.6 Å². The minimum absolute atomic E-state index is 0.0817. The fourth-order valence-electron chi connectivity index (χ4n) is 1.58. The average molecular weight is 295 g/mol. The van der Waals surface area contributed by atoms with Gasteiger partial charge in [0, 0.05) is 13.0 Å². The Kier molecular flexibility index (Phi) is 3.35. The van der Waals surface area contributed by atoms with Crippen LogP contribution in [0.5, 0.6) is 0 Å². The lowest BCUT2D eigenvalue weighted by molar-refractivity contribution is -0.137. The third kappa shape index (κ3) is 2.95. The Bertz CT molecular complexity index is 529. The number of aromatic nitrogens is 1. The molecule has 1 atom stereocenters. The highest BCUT2D eigenvalue weighted by atomic mass is 32.1. The first-order valence-electron chi connectivity index (χ1n) is 5.12. The molecule has 0 aliphatic carbocycles. The summed E-state index contributed by atoms with van der Waals surface area (Å²) in [5.41, 5.74) is -0.684. The number of halogens is 3. The van der Waals surface area contributed by atoms with Gasteiger partial charge in [-0.15, -0.1) is 0 Å². The van der Waals surface area contributed by atoms with Crippen molar-refractivity contribution in [2.24, 2.45) is 0 Å². The Labute approximate surface area is 108 Å².